The molecule has 8 nitrogen and oxygen atoms in total. The Morgan fingerprint density at radius 3 is 3.00 bits per heavy atom. The van der Waals surface area contributed by atoms with E-state index in [-0.39, 0.29) is 11.7 Å². The molecule has 142 valence electrons. The highest BCUT2D eigenvalue weighted by atomic mass is 16.5. The second-order valence-electron chi connectivity index (χ2n) is 6.55. The van der Waals surface area contributed by atoms with Gasteiger partial charge in [0.05, 0.1) is 24.4 Å². The van der Waals surface area contributed by atoms with Crippen LogP contribution in [0.1, 0.15) is 17.8 Å². The predicted molar refractivity (Wildman–Crippen MR) is 101 cm³/mol. The number of nitrogens with one attached hydrogen (secondary N) is 1. The topological polar surface area (TPSA) is 83.2 Å². The van der Waals surface area contributed by atoms with Crippen LogP contribution in [0.4, 0.5) is 0 Å². The summed E-state index contributed by atoms with van der Waals surface area (Å²) in [6.07, 6.45) is 0.379. The molecule has 1 fully saturated rings. The van der Waals surface area contributed by atoms with E-state index in [9.17, 15) is 4.79 Å². The maximum atomic E-state index is 12.5. The van der Waals surface area contributed by atoms with E-state index in [0.29, 0.717) is 43.5 Å². The molecule has 8 heteroatoms. The monoisotopic (exact) mass is 369 g/mol. The molecule has 0 unspecified atom stereocenters. The van der Waals surface area contributed by atoms with Gasteiger partial charge in [-0.25, -0.2) is 9.67 Å². The van der Waals surface area contributed by atoms with Crippen LogP contribution in [0.25, 0.3) is 16.6 Å². The molecule has 0 bridgehead atoms. The largest absolute Gasteiger partial charge is 0.384 e. The van der Waals surface area contributed by atoms with Crippen molar-refractivity contribution in [3.63, 3.8) is 0 Å². The molecular weight excluding hydrogens is 346 g/mol. The standard InChI is InChI=1S/C19H23N5O3/c1-23-14-6-4-3-5-13(14)15(11-18(23)25)24-19(16-12-20-8-10-27-16)21-17(22-24)7-9-26-2/h3-6,11,16,20H,7-10,12H2,1-2H3/t16-/m1/s1. The molecular formula is C19H23N5O3. The summed E-state index contributed by atoms with van der Waals surface area (Å²) in [4.78, 5) is 17.2. The number of rotatable bonds is 5. The van der Waals surface area contributed by atoms with Gasteiger partial charge in [0.15, 0.2) is 11.6 Å². The lowest BCUT2D eigenvalue weighted by Gasteiger charge is -2.23. The van der Waals surface area contributed by atoms with Gasteiger partial charge in [0, 0.05) is 45.1 Å². The zero-order valence-electron chi connectivity index (χ0n) is 15.5. The molecule has 0 amide bonds. The predicted octanol–water partition coefficient (Wildman–Crippen LogP) is 0.969. The van der Waals surface area contributed by atoms with E-state index in [1.54, 1.807) is 29.5 Å². The number of hydrogen-bond acceptors (Lipinski definition) is 6. The first kappa shape index (κ1) is 17.8. The first-order valence-electron chi connectivity index (χ1n) is 9.05. The number of para-hydroxylation sites is 1. The van der Waals surface area contributed by atoms with Gasteiger partial charge in [0.2, 0.25) is 0 Å². The Morgan fingerprint density at radius 1 is 1.37 bits per heavy atom. The highest BCUT2D eigenvalue weighted by Gasteiger charge is 2.25. The van der Waals surface area contributed by atoms with E-state index in [1.165, 1.54) is 0 Å². The minimum absolute atomic E-state index is 0.0914. The summed E-state index contributed by atoms with van der Waals surface area (Å²) in [5, 5.41) is 8.95. The SMILES string of the molecule is COCCc1nc([C@H]2CNCCO2)n(-c2cc(=O)n(C)c3ccccc23)n1. The molecule has 3 aromatic rings. The molecule has 0 saturated carbocycles. The number of ether oxygens (including phenoxy) is 2. The molecule has 1 N–H and O–H groups in total. The van der Waals surface area contributed by atoms with Crippen molar-refractivity contribution in [3.8, 4) is 5.69 Å². The van der Waals surface area contributed by atoms with Crippen LogP contribution in [-0.2, 0) is 22.9 Å². The zero-order chi connectivity index (χ0) is 18.8. The lowest BCUT2D eigenvalue weighted by atomic mass is 10.1. The van der Waals surface area contributed by atoms with Crippen LogP contribution >= 0.6 is 0 Å². The normalized spacial score (nSPS) is 17.5. The first-order chi connectivity index (χ1) is 13.2. The molecule has 1 aliphatic heterocycles. The van der Waals surface area contributed by atoms with Gasteiger partial charge in [-0.3, -0.25) is 4.79 Å². The molecule has 27 heavy (non-hydrogen) atoms. The first-order valence-corrected chi connectivity index (χ1v) is 9.05. The van der Waals surface area contributed by atoms with Crippen LogP contribution < -0.4 is 10.9 Å². The van der Waals surface area contributed by atoms with Crippen LogP contribution in [0.5, 0.6) is 0 Å². The Labute approximate surface area is 156 Å². The molecule has 0 spiro atoms. The van der Waals surface area contributed by atoms with E-state index in [0.717, 1.165) is 17.4 Å². The summed E-state index contributed by atoms with van der Waals surface area (Å²) >= 11 is 0. The highest BCUT2D eigenvalue weighted by Crippen LogP contribution is 2.25. The Bertz CT molecular complexity index is 1000. The van der Waals surface area contributed by atoms with Crippen LogP contribution in [0.3, 0.4) is 0 Å². The second kappa shape index (κ2) is 7.59. The number of benzene rings is 1. The molecule has 3 heterocycles. The molecule has 2 aromatic heterocycles. The summed E-state index contributed by atoms with van der Waals surface area (Å²) in [6.45, 7) is 2.62. The smallest absolute Gasteiger partial charge is 0.252 e. The highest BCUT2D eigenvalue weighted by molar-refractivity contribution is 5.87. The average molecular weight is 369 g/mol. The fraction of sp³-hybridized carbons (Fsp3) is 0.421. The molecule has 4 rings (SSSR count). The van der Waals surface area contributed by atoms with Gasteiger partial charge in [0.25, 0.3) is 5.56 Å². The lowest BCUT2D eigenvalue weighted by Crippen LogP contribution is -2.34. The number of morpholine rings is 1. The number of pyridine rings is 1. The third-order valence-electron chi connectivity index (χ3n) is 4.78. The average Bonchev–Trinajstić information content (AvgIpc) is 3.14. The lowest BCUT2D eigenvalue weighted by molar-refractivity contribution is 0.0208. The molecule has 1 atom stereocenters. The van der Waals surface area contributed by atoms with E-state index < -0.39 is 0 Å². The Kier molecular flexibility index (Phi) is 5.02. The summed E-state index contributed by atoms with van der Waals surface area (Å²) < 4.78 is 14.5. The third-order valence-corrected chi connectivity index (χ3v) is 4.78. The van der Waals surface area contributed by atoms with E-state index in [1.807, 2.05) is 24.3 Å². The Morgan fingerprint density at radius 2 is 2.22 bits per heavy atom. The maximum absolute atomic E-state index is 12.5. The number of aromatic nitrogens is 4. The van der Waals surface area contributed by atoms with Crippen molar-refractivity contribution < 1.29 is 9.47 Å². The van der Waals surface area contributed by atoms with E-state index in [2.05, 4.69) is 10.4 Å². The molecule has 1 aliphatic rings. The van der Waals surface area contributed by atoms with Gasteiger partial charge in [-0.15, -0.1) is 0 Å². The summed E-state index contributed by atoms with van der Waals surface area (Å²) in [5.74, 6) is 1.37. The second-order valence-corrected chi connectivity index (χ2v) is 6.55. The molecule has 1 saturated heterocycles. The van der Waals surface area contributed by atoms with Crippen LogP contribution in [-0.4, -0.2) is 52.7 Å². The summed E-state index contributed by atoms with van der Waals surface area (Å²) in [5.41, 5.74) is 1.47. The van der Waals surface area contributed by atoms with Crippen molar-refractivity contribution in [2.24, 2.45) is 7.05 Å². The van der Waals surface area contributed by atoms with Crippen molar-refractivity contribution in [2.45, 2.75) is 12.5 Å². The van der Waals surface area contributed by atoms with Gasteiger partial charge in [-0.1, -0.05) is 18.2 Å². The third kappa shape index (κ3) is 3.39. The van der Waals surface area contributed by atoms with Gasteiger partial charge in [0.1, 0.15) is 6.10 Å². The van der Waals surface area contributed by atoms with Gasteiger partial charge in [-0.2, -0.15) is 5.10 Å². The number of hydrogen-bond donors (Lipinski definition) is 1. The number of fused-ring (bicyclic) bond motifs is 1. The van der Waals surface area contributed by atoms with Gasteiger partial charge >= 0.3 is 0 Å². The van der Waals surface area contributed by atoms with Crippen molar-refractivity contribution in [1.29, 1.82) is 0 Å². The maximum Gasteiger partial charge on any atom is 0.252 e. The van der Waals surface area contributed by atoms with Crippen LogP contribution in [0.15, 0.2) is 35.1 Å². The quantitative estimate of drug-likeness (QED) is 0.722. The Balaban J connectivity index is 1.90. The number of methoxy groups -OCH3 is 1. The minimum atomic E-state index is -0.217. The van der Waals surface area contributed by atoms with Gasteiger partial charge < -0.3 is 19.4 Å². The fourth-order valence-corrected chi connectivity index (χ4v) is 3.35. The van der Waals surface area contributed by atoms with Crippen LogP contribution in [0.2, 0.25) is 0 Å². The minimum Gasteiger partial charge on any atom is -0.384 e. The Hall–Kier alpha value is -2.55. The molecule has 0 aliphatic carbocycles. The summed E-state index contributed by atoms with van der Waals surface area (Å²) in [7, 11) is 3.43. The van der Waals surface area contributed by atoms with Crippen molar-refractivity contribution in [1.82, 2.24) is 24.6 Å². The zero-order valence-corrected chi connectivity index (χ0v) is 15.5. The van der Waals surface area contributed by atoms with E-state index >= 15 is 0 Å². The van der Waals surface area contributed by atoms with Crippen molar-refractivity contribution >= 4 is 10.9 Å². The van der Waals surface area contributed by atoms with Crippen molar-refractivity contribution in [3.05, 3.63) is 52.3 Å². The summed E-state index contributed by atoms with van der Waals surface area (Å²) in [6, 6.07) is 9.41. The number of nitrogens with zero attached hydrogens (tertiary/aromatic N) is 4. The molecule has 0 radical (unpaired) electrons. The van der Waals surface area contributed by atoms with Crippen LogP contribution in [0, 0.1) is 0 Å². The molecule has 1 aromatic carbocycles. The van der Waals surface area contributed by atoms with Crippen molar-refractivity contribution in [2.75, 3.05) is 33.4 Å². The fourth-order valence-electron chi connectivity index (χ4n) is 3.35. The van der Waals surface area contributed by atoms with E-state index in [4.69, 9.17) is 14.5 Å². The van der Waals surface area contributed by atoms with Gasteiger partial charge in [-0.05, 0) is 6.07 Å². The number of aryl methyl sites for hydroxylation is 1.